The van der Waals surface area contributed by atoms with Crippen LogP contribution in [0, 0.1) is 0 Å². The normalized spacial score (nSPS) is 11.9. The summed E-state index contributed by atoms with van der Waals surface area (Å²) in [6.07, 6.45) is 0. The quantitative estimate of drug-likeness (QED) is 0.357. The Balaban J connectivity index is 3.26. The molecule has 0 amide bonds. The number of nitrogens with one attached hydrogen (secondary N) is 1. The van der Waals surface area contributed by atoms with Gasteiger partial charge in [0, 0.05) is 13.1 Å². The van der Waals surface area contributed by atoms with Gasteiger partial charge in [-0.15, -0.1) is 0 Å². The van der Waals surface area contributed by atoms with E-state index in [-0.39, 0.29) is 0 Å². The first-order valence-corrected chi connectivity index (χ1v) is 4.03. The summed E-state index contributed by atoms with van der Waals surface area (Å²) in [6, 6.07) is 0. The van der Waals surface area contributed by atoms with Crippen molar-refractivity contribution in [3.05, 3.63) is 0 Å². The topological polar surface area (TPSA) is 107 Å². The fraction of sp³-hybridized carbons (Fsp3) is 1.00. The van der Waals surface area contributed by atoms with Gasteiger partial charge in [0.1, 0.15) is 0 Å². The van der Waals surface area contributed by atoms with Crippen LogP contribution in [-0.2, 0) is 4.57 Å². The predicted molar refractivity (Wildman–Crippen MR) is 33.0 cm³/mol. The second-order valence-corrected chi connectivity index (χ2v) is 3.14. The summed E-state index contributed by atoms with van der Waals surface area (Å²) in [7, 11) is -3.01. The summed E-state index contributed by atoms with van der Waals surface area (Å²) in [4.78, 5) is 0. The Kier molecular flexibility index (Phi) is 3.19. The summed E-state index contributed by atoms with van der Waals surface area (Å²) in [6.45, 7) is 0.780. The average Bonchev–Trinajstić information content (AvgIpc) is 1.59. The summed E-state index contributed by atoms with van der Waals surface area (Å²) < 4.78 is 10.4. The minimum atomic E-state index is -3.01. The van der Waals surface area contributed by atoms with E-state index in [0.29, 0.717) is 13.1 Å². The summed E-state index contributed by atoms with van der Waals surface area (Å²) in [5.74, 6) is 0. The van der Waals surface area contributed by atoms with Crippen LogP contribution in [0.5, 0.6) is 0 Å². The van der Waals surface area contributed by atoms with Crippen LogP contribution in [0.25, 0.3) is 0 Å². The maximum atomic E-state index is 10.4. The lowest BCUT2D eigenvalue weighted by Gasteiger charge is -2.05. The van der Waals surface area contributed by atoms with Crippen molar-refractivity contribution < 1.29 is 4.57 Å². The fourth-order valence-corrected chi connectivity index (χ4v) is 0.718. The van der Waals surface area contributed by atoms with E-state index >= 15 is 0 Å². The smallest absolute Gasteiger partial charge is 0.273 e. The van der Waals surface area contributed by atoms with Crippen LogP contribution in [0.3, 0.4) is 0 Å². The zero-order chi connectivity index (χ0) is 6.62. The van der Waals surface area contributed by atoms with E-state index in [1.165, 1.54) is 0 Å². The van der Waals surface area contributed by atoms with Crippen molar-refractivity contribution in [2.45, 2.75) is 0 Å². The minimum Gasteiger partial charge on any atom is -0.329 e. The maximum absolute atomic E-state index is 10.4. The third-order valence-electron chi connectivity index (χ3n) is 0.503. The molecule has 0 unspecified atom stereocenters. The molecule has 0 saturated carbocycles. The number of hydrogen-bond donors (Lipinski definition) is 4. The van der Waals surface area contributed by atoms with Gasteiger partial charge in [-0.1, -0.05) is 0 Å². The molecule has 0 spiro atoms. The van der Waals surface area contributed by atoms with E-state index in [2.05, 4.69) is 5.09 Å². The van der Waals surface area contributed by atoms with Gasteiger partial charge in [-0.25, -0.2) is 5.09 Å². The fourth-order valence-electron chi connectivity index (χ4n) is 0.239. The largest absolute Gasteiger partial charge is 0.329 e. The summed E-state index contributed by atoms with van der Waals surface area (Å²) in [5.41, 5.74) is 14.8. The lowest BCUT2D eigenvalue weighted by atomic mass is 10.7. The van der Waals surface area contributed by atoms with Crippen LogP contribution in [-0.4, -0.2) is 13.1 Å². The Bertz CT molecular complexity index is 98.2. The molecule has 50 valence electrons. The molecule has 6 heteroatoms. The van der Waals surface area contributed by atoms with Crippen molar-refractivity contribution in [2.75, 3.05) is 13.1 Å². The lowest BCUT2D eigenvalue weighted by molar-refractivity contribution is 0.566. The molecule has 0 bridgehead atoms. The highest BCUT2D eigenvalue weighted by Crippen LogP contribution is 2.15. The Labute approximate surface area is 48.1 Å². The molecule has 5 nitrogen and oxygen atoms in total. The summed E-state index contributed by atoms with van der Waals surface area (Å²) >= 11 is 0. The molecule has 0 aromatic heterocycles. The number of nitrogens with two attached hydrogens (primary N) is 3. The van der Waals surface area contributed by atoms with Gasteiger partial charge >= 0.3 is 0 Å². The molecule has 7 N–H and O–H groups in total. The molecule has 0 aliphatic heterocycles. The molecule has 0 heterocycles. The van der Waals surface area contributed by atoms with Crippen LogP contribution < -0.4 is 21.8 Å². The Morgan fingerprint density at radius 3 is 2.12 bits per heavy atom. The first-order chi connectivity index (χ1) is 3.56. The molecular formula is C2H11N4OP. The Morgan fingerprint density at radius 1 is 1.50 bits per heavy atom. The Hall–Kier alpha value is 0.0700. The van der Waals surface area contributed by atoms with Gasteiger partial charge in [-0.3, -0.25) is 15.6 Å². The van der Waals surface area contributed by atoms with Crippen molar-refractivity contribution in [2.24, 2.45) is 16.7 Å². The van der Waals surface area contributed by atoms with Gasteiger partial charge in [-0.2, -0.15) is 0 Å². The monoisotopic (exact) mass is 138 g/mol. The van der Waals surface area contributed by atoms with E-state index in [9.17, 15) is 4.57 Å². The third kappa shape index (κ3) is 6.07. The molecule has 0 aromatic carbocycles. The maximum Gasteiger partial charge on any atom is 0.273 e. The molecule has 0 aliphatic carbocycles. The second-order valence-electron chi connectivity index (χ2n) is 1.41. The highest BCUT2D eigenvalue weighted by atomic mass is 31.2. The molecule has 0 aliphatic rings. The van der Waals surface area contributed by atoms with Gasteiger partial charge in [0.2, 0.25) is 0 Å². The van der Waals surface area contributed by atoms with Gasteiger partial charge in [-0.05, 0) is 0 Å². The molecule has 8 heavy (non-hydrogen) atoms. The van der Waals surface area contributed by atoms with Gasteiger partial charge in [0.15, 0.2) is 0 Å². The number of hydrogen-bond acceptors (Lipinski definition) is 2. The SMILES string of the molecule is NCCNP(N)(N)=O. The average molecular weight is 138 g/mol. The summed E-state index contributed by atoms with van der Waals surface area (Å²) in [5, 5.41) is 2.36. The lowest BCUT2D eigenvalue weighted by Crippen LogP contribution is -2.27. The van der Waals surface area contributed by atoms with Crippen molar-refractivity contribution in [1.82, 2.24) is 5.09 Å². The molecule has 0 atom stereocenters. The van der Waals surface area contributed by atoms with Crippen LogP contribution in [0.15, 0.2) is 0 Å². The van der Waals surface area contributed by atoms with Crippen LogP contribution in [0.2, 0.25) is 0 Å². The number of rotatable bonds is 3. The van der Waals surface area contributed by atoms with Gasteiger partial charge < -0.3 is 5.73 Å². The van der Waals surface area contributed by atoms with Crippen molar-refractivity contribution in [3.63, 3.8) is 0 Å². The molecule has 0 radical (unpaired) electrons. The second kappa shape index (κ2) is 3.17. The zero-order valence-electron chi connectivity index (χ0n) is 4.50. The van der Waals surface area contributed by atoms with E-state index in [1.54, 1.807) is 0 Å². The third-order valence-corrected chi connectivity index (χ3v) is 1.22. The van der Waals surface area contributed by atoms with Crippen LogP contribution in [0.1, 0.15) is 0 Å². The van der Waals surface area contributed by atoms with Crippen molar-refractivity contribution in [3.8, 4) is 0 Å². The van der Waals surface area contributed by atoms with Crippen LogP contribution in [0.4, 0.5) is 0 Å². The van der Waals surface area contributed by atoms with Crippen LogP contribution >= 0.6 is 7.59 Å². The van der Waals surface area contributed by atoms with Gasteiger partial charge in [0.25, 0.3) is 7.59 Å². The minimum absolute atomic E-state index is 0.387. The predicted octanol–water partition coefficient (Wildman–Crippen LogP) is -1.44. The van der Waals surface area contributed by atoms with E-state index in [4.69, 9.17) is 16.7 Å². The first-order valence-electron chi connectivity index (χ1n) is 2.18. The molecule has 0 rings (SSSR count). The standard InChI is InChI=1S/C2H11N4OP/c3-1-2-6-8(4,5)7/h1-3H2,(H5,4,5,6,7). The molecular weight excluding hydrogens is 127 g/mol. The first kappa shape index (κ1) is 8.07. The van der Waals surface area contributed by atoms with Gasteiger partial charge in [0.05, 0.1) is 0 Å². The highest BCUT2D eigenvalue weighted by Gasteiger charge is 2.02. The molecule has 0 aromatic rings. The Morgan fingerprint density at radius 2 is 2.00 bits per heavy atom. The highest BCUT2D eigenvalue weighted by molar-refractivity contribution is 7.56. The van der Waals surface area contributed by atoms with Crippen molar-refractivity contribution >= 4 is 7.59 Å². The molecule has 0 fully saturated rings. The van der Waals surface area contributed by atoms with Crippen molar-refractivity contribution in [1.29, 1.82) is 0 Å². The van der Waals surface area contributed by atoms with E-state index < -0.39 is 7.59 Å². The molecule has 0 saturated heterocycles. The van der Waals surface area contributed by atoms with E-state index in [1.807, 2.05) is 0 Å². The van der Waals surface area contributed by atoms with E-state index in [0.717, 1.165) is 0 Å². The zero-order valence-corrected chi connectivity index (χ0v) is 5.40.